The zero-order valence-corrected chi connectivity index (χ0v) is 16.9. The Morgan fingerprint density at radius 2 is 2.04 bits per heavy atom. The molecule has 0 amide bonds. The van der Waals surface area contributed by atoms with Crippen LogP contribution < -0.4 is 4.72 Å². The van der Waals surface area contributed by atoms with Gasteiger partial charge in [-0.1, -0.05) is 19.9 Å². The Bertz CT molecular complexity index is 967. The summed E-state index contributed by atoms with van der Waals surface area (Å²) in [7, 11) is -3.63. The first-order valence-corrected chi connectivity index (χ1v) is 10.9. The van der Waals surface area contributed by atoms with Crippen molar-refractivity contribution in [3.8, 4) is 5.69 Å². The second-order valence-corrected chi connectivity index (χ2v) is 9.87. The third-order valence-electron chi connectivity index (χ3n) is 5.33. The van der Waals surface area contributed by atoms with Crippen molar-refractivity contribution in [3.63, 3.8) is 0 Å². The highest BCUT2D eigenvalue weighted by Crippen LogP contribution is 2.41. The molecule has 2 heterocycles. The summed E-state index contributed by atoms with van der Waals surface area (Å²) in [6.45, 7) is 5.71. The second-order valence-electron chi connectivity index (χ2n) is 8.17. The van der Waals surface area contributed by atoms with E-state index in [2.05, 4.69) is 23.7 Å². The van der Waals surface area contributed by atoms with Crippen molar-refractivity contribution < 1.29 is 17.5 Å². The van der Waals surface area contributed by atoms with Crippen LogP contribution in [-0.2, 0) is 21.4 Å². The van der Waals surface area contributed by atoms with Crippen molar-refractivity contribution in [2.75, 3.05) is 26.3 Å². The van der Waals surface area contributed by atoms with Gasteiger partial charge in [0.2, 0.25) is 0 Å². The zero-order valence-electron chi connectivity index (χ0n) is 16.1. The van der Waals surface area contributed by atoms with Gasteiger partial charge in [-0.05, 0) is 36.5 Å². The van der Waals surface area contributed by atoms with E-state index >= 15 is 0 Å². The van der Waals surface area contributed by atoms with Gasteiger partial charge in [0.15, 0.2) is 0 Å². The average Bonchev–Trinajstić information content (AvgIpc) is 3.05. The van der Waals surface area contributed by atoms with Gasteiger partial charge in [0.05, 0.1) is 31.1 Å². The van der Waals surface area contributed by atoms with Crippen molar-refractivity contribution in [2.24, 2.45) is 5.41 Å². The molecular formula is C19H25FN4O3S. The summed E-state index contributed by atoms with van der Waals surface area (Å²) in [5, 5.41) is 4.45. The molecule has 1 aliphatic heterocycles. The van der Waals surface area contributed by atoms with Crippen molar-refractivity contribution in [1.29, 1.82) is 0 Å². The third-order valence-corrected chi connectivity index (χ3v) is 6.96. The van der Waals surface area contributed by atoms with Crippen LogP contribution in [0.2, 0.25) is 0 Å². The standard InChI is InChI=1S/C19H25FN4O3S/c1-19(2)11-17(22-28(25,26)23-6-8-27-9-7-23)16-13-21-24(18(16)12-19)15-5-3-4-14(20)10-15/h3-5,10,13,17,22H,6-9,11-12H2,1-2H3/t17-/m0/s1. The lowest BCUT2D eigenvalue weighted by Crippen LogP contribution is -2.48. The topological polar surface area (TPSA) is 76.5 Å². The number of ether oxygens (including phenoxy) is 1. The lowest BCUT2D eigenvalue weighted by atomic mass is 9.74. The van der Waals surface area contributed by atoms with Gasteiger partial charge in [0.1, 0.15) is 5.82 Å². The summed E-state index contributed by atoms with van der Waals surface area (Å²) in [6, 6.07) is 5.88. The minimum Gasteiger partial charge on any atom is -0.379 e. The fraction of sp³-hybridized carbons (Fsp3) is 0.526. The Hall–Kier alpha value is -1.81. The monoisotopic (exact) mass is 408 g/mol. The number of aromatic nitrogens is 2. The van der Waals surface area contributed by atoms with Crippen molar-refractivity contribution in [2.45, 2.75) is 32.7 Å². The molecule has 1 aliphatic carbocycles. The molecule has 4 rings (SSSR count). The molecule has 152 valence electrons. The van der Waals surface area contributed by atoms with E-state index in [0.29, 0.717) is 38.4 Å². The Morgan fingerprint density at radius 3 is 2.75 bits per heavy atom. The van der Waals surface area contributed by atoms with Crippen molar-refractivity contribution in [3.05, 3.63) is 47.5 Å². The van der Waals surface area contributed by atoms with E-state index in [1.54, 1.807) is 23.0 Å². The first-order valence-electron chi connectivity index (χ1n) is 9.43. The number of benzene rings is 1. The smallest absolute Gasteiger partial charge is 0.280 e. The van der Waals surface area contributed by atoms with Crippen LogP contribution in [0.4, 0.5) is 4.39 Å². The minimum absolute atomic E-state index is 0.129. The molecule has 0 spiro atoms. The molecule has 0 unspecified atom stereocenters. The number of halogens is 1. The lowest BCUT2D eigenvalue weighted by molar-refractivity contribution is 0.0721. The van der Waals surface area contributed by atoms with Gasteiger partial charge in [-0.3, -0.25) is 0 Å². The Kier molecular flexibility index (Phi) is 5.03. The summed E-state index contributed by atoms with van der Waals surface area (Å²) < 4.78 is 50.7. The number of nitrogens with zero attached hydrogens (tertiary/aromatic N) is 3. The quantitative estimate of drug-likeness (QED) is 0.841. The zero-order chi connectivity index (χ0) is 19.9. The number of morpholine rings is 1. The lowest BCUT2D eigenvalue weighted by Gasteiger charge is -2.37. The van der Waals surface area contributed by atoms with Gasteiger partial charge in [0.25, 0.3) is 10.2 Å². The fourth-order valence-corrected chi connectivity index (χ4v) is 5.37. The Labute approximate surface area is 164 Å². The predicted molar refractivity (Wildman–Crippen MR) is 103 cm³/mol. The largest absolute Gasteiger partial charge is 0.379 e. The summed E-state index contributed by atoms with van der Waals surface area (Å²) >= 11 is 0. The molecule has 2 aliphatic rings. The number of hydrogen-bond donors (Lipinski definition) is 1. The van der Waals surface area contributed by atoms with Gasteiger partial charge >= 0.3 is 0 Å². The number of fused-ring (bicyclic) bond motifs is 1. The van der Waals surface area contributed by atoms with Crippen LogP contribution in [0.1, 0.15) is 37.6 Å². The number of nitrogens with one attached hydrogen (secondary N) is 1. The first kappa shape index (κ1) is 19.5. The number of hydrogen-bond acceptors (Lipinski definition) is 4. The van der Waals surface area contributed by atoms with Crippen LogP contribution in [-0.4, -0.2) is 48.8 Å². The van der Waals surface area contributed by atoms with Crippen LogP contribution in [0, 0.1) is 11.2 Å². The average molecular weight is 408 g/mol. The summed E-state index contributed by atoms with van der Waals surface area (Å²) in [5.74, 6) is -0.332. The van der Waals surface area contributed by atoms with E-state index in [4.69, 9.17) is 4.74 Å². The molecule has 9 heteroatoms. The van der Waals surface area contributed by atoms with E-state index in [9.17, 15) is 12.8 Å². The SMILES string of the molecule is CC1(C)Cc2c(cnn2-c2cccc(F)c2)[C@@H](NS(=O)(=O)N2CCOCC2)C1. The first-order chi connectivity index (χ1) is 13.3. The number of rotatable bonds is 4. The molecule has 0 bridgehead atoms. The van der Waals surface area contributed by atoms with Crippen molar-refractivity contribution >= 4 is 10.2 Å². The van der Waals surface area contributed by atoms with Gasteiger partial charge in [-0.2, -0.15) is 22.5 Å². The van der Waals surface area contributed by atoms with Crippen LogP contribution in [0.25, 0.3) is 5.69 Å². The maximum absolute atomic E-state index is 13.7. The van der Waals surface area contributed by atoms with Crippen LogP contribution >= 0.6 is 0 Å². The van der Waals surface area contributed by atoms with E-state index < -0.39 is 10.2 Å². The van der Waals surface area contributed by atoms with Gasteiger partial charge in [-0.15, -0.1) is 0 Å². The van der Waals surface area contributed by atoms with Crippen molar-refractivity contribution in [1.82, 2.24) is 18.8 Å². The molecule has 1 atom stereocenters. The van der Waals surface area contributed by atoms with Gasteiger partial charge < -0.3 is 4.74 Å². The van der Waals surface area contributed by atoms with Crippen LogP contribution in [0.15, 0.2) is 30.5 Å². The second kappa shape index (κ2) is 7.22. The summed E-state index contributed by atoms with van der Waals surface area (Å²) in [4.78, 5) is 0. The van der Waals surface area contributed by atoms with E-state index in [1.165, 1.54) is 16.4 Å². The summed E-state index contributed by atoms with van der Waals surface area (Å²) in [5.41, 5.74) is 2.27. The fourth-order valence-electron chi connectivity index (χ4n) is 4.02. The molecule has 1 N–H and O–H groups in total. The molecule has 1 saturated heterocycles. The molecule has 2 aromatic rings. The van der Waals surface area contributed by atoms with Crippen LogP contribution in [0.5, 0.6) is 0 Å². The van der Waals surface area contributed by atoms with Crippen LogP contribution in [0.3, 0.4) is 0 Å². The maximum Gasteiger partial charge on any atom is 0.280 e. The molecule has 0 radical (unpaired) electrons. The van der Waals surface area contributed by atoms with Gasteiger partial charge in [-0.25, -0.2) is 9.07 Å². The van der Waals surface area contributed by atoms with Gasteiger partial charge in [0, 0.05) is 24.3 Å². The predicted octanol–water partition coefficient (Wildman–Crippen LogP) is 2.19. The van der Waals surface area contributed by atoms with E-state index in [-0.39, 0.29) is 17.3 Å². The molecule has 1 aromatic carbocycles. The molecule has 0 saturated carbocycles. The molecule has 1 fully saturated rings. The summed E-state index contributed by atoms with van der Waals surface area (Å²) in [6.07, 6.45) is 3.09. The normalized spacial score (nSPS) is 22.8. The van der Waals surface area contributed by atoms with E-state index in [0.717, 1.165) is 17.7 Å². The molecule has 28 heavy (non-hydrogen) atoms. The third kappa shape index (κ3) is 3.84. The minimum atomic E-state index is -3.63. The highest BCUT2D eigenvalue weighted by Gasteiger charge is 2.38. The Balaban J connectivity index is 1.68. The Morgan fingerprint density at radius 1 is 1.29 bits per heavy atom. The highest BCUT2D eigenvalue weighted by atomic mass is 32.2. The van der Waals surface area contributed by atoms with E-state index in [1.807, 2.05) is 0 Å². The maximum atomic E-state index is 13.7. The molecule has 1 aromatic heterocycles. The highest BCUT2D eigenvalue weighted by molar-refractivity contribution is 7.87. The molecule has 7 nitrogen and oxygen atoms in total. The molecular weight excluding hydrogens is 383 g/mol.